The van der Waals surface area contributed by atoms with Crippen molar-refractivity contribution < 1.29 is 0 Å². The first-order chi connectivity index (χ1) is 29.2. The molecule has 0 amide bonds. The number of hydrogen-bond donors (Lipinski definition) is 0. The molecule has 11 aromatic rings. The van der Waals surface area contributed by atoms with E-state index in [9.17, 15) is 0 Å². The van der Waals surface area contributed by atoms with Crippen LogP contribution in [0.3, 0.4) is 0 Å². The molecule has 0 aliphatic rings. The van der Waals surface area contributed by atoms with E-state index in [2.05, 4.69) is 239 Å². The summed E-state index contributed by atoms with van der Waals surface area (Å²) in [6, 6.07) is 81.0. The topological polar surface area (TPSA) is 9.72 Å². The lowest BCUT2D eigenvalue weighted by atomic mass is 10.1. The average molecular weight is 792 g/mol. The molecule has 0 saturated carbocycles. The van der Waals surface area contributed by atoms with Crippen molar-refractivity contribution in [3.63, 3.8) is 0 Å². The third kappa shape index (κ3) is 6.47. The van der Waals surface area contributed by atoms with Crippen LogP contribution >= 0.6 is 22.7 Å². The summed E-state index contributed by atoms with van der Waals surface area (Å²) in [5.41, 5.74) is 10.1. The van der Waals surface area contributed by atoms with Gasteiger partial charge in [0, 0.05) is 91.5 Å². The number of fused-ring (bicyclic) bond motifs is 6. The minimum atomic E-state index is 1.12. The third-order valence-corrected chi connectivity index (χ3v) is 13.3. The number of rotatable bonds is 9. The third-order valence-electron chi connectivity index (χ3n) is 11.0. The Hall–Kier alpha value is -7.18. The highest BCUT2D eigenvalue weighted by atomic mass is 32.1. The molecule has 2 heterocycles. The van der Waals surface area contributed by atoms with Crippen LogP contribution in [0.1, 0.15) is 0 Å². The van der Waals surface area contributed by atoms with Crippen molar-refractivity contribution >= 4 is 114 Å². The smallest absolute Gasteiger partial charge is 0.0468 e. The number of benzene rings is 9. The maximum Gasteiger partial charge on any atom is 0.0468 e. The minimum Gasteiger partial charge on any atom is -0.310 e. The molecule has 280 valence electrons. The van der Waals surface area contributed by atoms with Gasteiger partial charge in [0.05, 0.1) is 0 Å². The van der Waals surface area contributed by atoms with Gasteiger partial charge in [-0.2, -0.15) is 0 Å². The van der Waals surface area contributed by atoms with Crippen LogP contribution in [0.4, 0.5) is 51.2 Å². The summed E-state index contributed by atoms with van der Waals surface area (Å²) in [6.45, 7) is 0. The number of para-hydroxylation sites is 5. The lowest BCUT2D eigenvalue weighted by molar-refractivity contribution is 1.29. The Balaban J connectivity index is 1.05. The highest BCUT2D eigenvalue weighted by Crippen LogP contribution is 2.46. The van der Waals surface area contributed by atoms with Crippen LogP contribution in [0.5, 0.6) is 0 Å². The van der Waals surface area contributed by atoms with Crippen LogP contribution in [-0.4, -0.2) is 0 Å². The van der Waals surface area contributed by atoms with E-state index < -0.39 is 0 Å². The lowest BCUT2D eigenvalue weighted by Gasteiger charge is -2.26. The summed E-state index contributed by atoms with van der Waals surface area (Å²) in [5, 5.41) is 5.00. The highest BCUT2D eigenvalue weighted by Gasteiger charge is 2.20. The number of thiophene rings is 2. The fraction of sp³-hybridized carbons (Fsp3) is 0. The van der Waals surface area contributed by atoms with E-state index in [1.165, 1.54) is 40.3 Å². The highest BCUT2D eigenvalue weighted by molar-refractivity contribution is 7.26. The normalized spacial score (nSPS) is 11.4. The maximum absolute atomic E-state index is 2.40. The molecule has 0 atom stereocenters. The van der Waals surface area contributed by atoms with E-state index in [4.69, 9.17) is 0 Å². The van der Waals surface area contributed by atoms with Gasteiger partial charge in [-0.15, -0.1) is 22.7 Å². The molecular formula is C54H37N3S2. The van der Waals surface area contributed by atoms with Crippen molar-refractivity contribution in [3.8, 4) is 0 Å². The standard InChI is InChI=1S/C54H37N3S2/c1-6-16-38(17-7-1)55(39-18-8-2-9-19-39)43-26-30-51-47(34-43)49-36-45(28-32-53(49)58-51)57(42-24-14-5-15-25-42)46-29-33-54-50(37-46)48-35-44(27-31-52(48)59-54)56(40-20-10-3-11-21-40)41-22-12-4-13-23-41/h1-37H. The van der Waals surface area contributed by atoms with Gasteiger partial charge in [0.2, 0.25) is 0 Å². The second kappa shape index (κ2) is 15.0. The number of anilines is 9. The summed E-state index contributed by atoms with van der Waals surface area (Å²) in [4.78, 5) is 7.08. The maximum atomic E-state index is 2.40. The Morgan fingerprint density at radius 3 is 0.627 bits per heavy atom. The van der Waals surface area contributed by atoms with Crippen LogP contribution in [0.15, 0.2) is 224 Å². The first-order valence-electron chi connectivity index (χ1n) is 19.8. The molecule has 11 rings (SSSR count). The molecular weight excluding hydrogens is 755 g/mol. The minimum absolute atomic E-state index is 1.12. The SMILES string of the molecule is c1ccc(N(c2ccccc2)c2ccc3sc4ccc(N(c5ccccc5)c5ccc6sc7ccc(N(c8ccccc8)c8ccccc8)cc7c6c5)cc4c3c2)cc1. The molecule has 0 radical (unpaired) electrons. The quantitative estimate of drug-likeness (QED) is 0.144. The predicted molar refractivity (Wildman–Crippen MR) is 256 cm³/mol. The Morgan fingerprint density at radius 2 is 0.407 bits per heavy atom. The van der Waals surface area contributed by atoms with E-state index in [0.29, 0.717) is 0 Å². The zero-order valence-corrected chi connectivity index (χ0v) is 33.7. The van der Waals surface area contributed by atoms with E-state index in [0.717, 1.165) is 51.2 Å². The Morgan fingerprint density at radius 1 is 0.203 bits per heavy atom. The largest absolute Gasteiger partial charge is 0.310 e. The predicted octanol–water partition coefficient (Wildman–Crippen LogP) is 16.8. The second-order valence-electron chi connectivity index (χ2n) is 14.6. The van der Waals surface area contributed by atoms with Gasteiger partial charge in [-0.1, -0.05) is 91.0 Å². The van der Waals surface area contributed by atoms with E-state index >= 15 is 0 Å². The second-order valence-corrected chi connectivity index (χ2v) is 16.8. The van der Waals surface area contributed by atoms with Crippen LogP contribution in [-0.2, 0) is 0 Å². The van der Waals surface area contributed by atoms with Gasteiger partial charge >= 0.3 is 0 Å². The van der Waals surface area contributed by atoms with Crippen molar-refractivity contribution in [3.05, 3.63) is 224 Å². The van der Waals surface area contributed by atoms with Crippen molar-refractivity contribution in [2.75, 3.05) is 14.7 Å². The molecule has 0 saturated heterocycles. The molecule has 0 N–H and O–H groups in total. The molecule has 0 fully saturated rings. The first kappa shape index (κ1) is 35.0. The van der Waals surface area contributed by atoms with Gasteiger partial charge in [0.1, 0.15) is 0 Å². The fourth-order valence-electron chi connectivity index (χ4n) is 8.29. The fourth-order valence-corrected chi connectivity index (χ4v) is 10.4. The van der Waals surface area contributed by atoms with Crippen LogP contribution in [0.25, 0.3) is 40.3 Å². The van der Waals surface area contributed by atoms with Gasteiger partial charge in [-0.05, 0) is 133 Å². The van der Waals surface area contributed by atoms with Gasteiger partial charge in [0.25, 0.3) is 0 Å². The Labute approximate surface area is 351 Å². The molecule has 0 aliphatic heterocycles. The van der Waals surface area contributed by atoms with Crippen molar-refractivity contribution in [1.29, 1.82) is 0 Å². The van der Waals surface area contributed by atoms with Gasteiger partial charge in [-0.25, -0.2) is 0 Å². The molecule has 9 aromatic carbocycles. The van der Waals surface area contributed by atoms with E-state index in [-0.39, 0.29) is 0 Å². The summed E-state index contributed by atoms with van der Waals surface area (Å²) in [7, 11) is 0. The molecule has 0 aliphatic carbocycles. The zero-order chi connectivity index (χ0) is 39.1. The summed E-state index contributed by atoms with van der Waals surface area (Å²) >= 11 is 3.70. The monoisotopic (exact) mass is 791 g/mol. The van der Waals surface area contributed by atoms with Crippen LogP contribution in [0.2, 0.25) is 0 Å². The molecule has 3 nitrogen and oxygen atoms in total. The molecule has 0 spiro atoms. The van der Waals surface area contributed by atoms with Gasteiger partial charge < -0.3 is 14.7 Å². The van der Waals surface area contributed by atoms with Crippen molar-refractivity contribution in [2.45, 2.75) is 0 Å². The van der Waals surface area contributed by atoms with Crippen LogP contribution < -0.4 is 14.7 Å². The Kier molecular flexibility index (Phi) is 8.88. The summed E-state index contributed by atoms with van der Waals surface area (Å²) in [5.74, 6) is 0. The zero-order valence-electron chi connectivity index (χ0n) is 32.0. The Bertz CT molecular complexity index is 2940. The number of nitrogens with zero attached hydrogens (tertiary/aromatic N) is 3. The van der Waals surface area contributed by atoms with E-state index in [1.54, 1.807) is 0 Å². The van der Waals surface area contributed by atoms with Gasteiger partial charge in [-0.3, -0.25) is 0 Å². The molecule has 0 unspecified atom stereocenters. The van der Waals surface area contributed by atoms with Crippen molar-refractivity contribution in [2.24, 2.45) is 0 Å². The number of hydrogen-bond acceptors (Lipinski definition) is 5. The first-order valence-corrected chi connectivity index (χ1v) is 21.5. The lowest BCUT2D eigenvalue weighted by Crippen LogP contribution is -2.10. The molecule has 5 heteroatoms. The summed E-state index contributed by atoms with van der Waals surface area (Å²) < 4.78 is 5.09. The summed E-state index contributed by atoms with van der Waals surface area (Å²) in [6.07, 6.45) is 0. The molecule has 2 aromatic heterocycles. The van der Waals surface area contributed by atoms with Crippen LogP contribution in [0, 0.1) is 0 Å². The van der Waals surface area contributed by atoms with Crippen molar-refractivity contribution in [1.82, 2.24) is 0 Å². The molecule has 59 heavy (non-hydrogen) atoms. The van der Waals surface area contributed by atoms with E-state index in [1.807, 2.05) is 22.7 Å². The van der Waals surface area contributed by atoms with Gasteiger partial charge in [0.15, 0.2) is 0 Å². The average Bonchev–Trinajstić information content (AvgIpc) is 3.86. The molecule has 0 bridgehead atoms.